The maximum absolute atomic E-state index is 7.34. The Morgan fingerprint density at radius 1 is 0.421 bits per heavy atom. The van der Waals surface area contributed by atoms with Gasteiger partial charge in [-0.25, -0.2) is 0 Å². The van der Waals surface area contributed by atoms with E-state index in [9.17, 15) is 0 Å². The van der Waals surface area contributed by atoms with E-state index in [-0.39, 0.29) is 46.2 Å². The summed E-state index contributed by atoms with van der Waals surface area (Å²) >= 11 is 0. The summed E-state index contributed by atoms with van der Waals surface area (Å²) in [6.45, 7) is 0.0782. The van der Waals surface area contributed by atoms with Crippen LogP contribution in [-0.2, 0) is 82.4 Å². The van der Waals surface area contributed by atoms with E-state index >= 15 is 0 Å². The Hall–Kier alpha value is -5.60. The molecule has 18 atom stereocenters. The lowest BCUT2D eigenvalue weighted by Crippen LogP contribution is -2.69. The van der Waals surface area contributed by atoms with Crippen molar-refractivity contribution in [2.24, 2.45) is 0 Å². The van der Waals surface area contributed by atoms with E-state index in [1.165, 1.54) is 7.11 Å². The maximum atomic E-state index is 7.34. The predicted molar refractivity (Wildman–Crippen MR) is 271 cm³/mol. The molecular weight excluding hydrogens is 977 g/mol. The van der Waals surface area contributed by atoms with Crippen LogP contribution in [0.2, 0.25) is 0 Å². The van der Waals surface area contributed by atoms with Crippen LogP contribution in [0.4, 0.5) is 0 Å². The van der Waals surface area contributed by atoms with Gasteiger partial charge in [0.25, 0.3) is 0 Å². The number of fused-ring (bicyclic) bond motifs is 4. The van der Waals surface area contributed by atoms with E-state index in [1.807, 2.05) is 109 Å². The lowest BCUT2D eigenvalue weighted by atomic mass is 9.94. The van der Waals surface area contributed by atoms with Gasteiger partial charge in [-0.05, 0) is 22.4 Å². The van der Waals surface area contributed by atoms with Crippen LogP contribution >= 0.6 is 0 Å². The van der Waals surface area contributed by atoms with E-state index in [2.05, 4.69) is 42.0 Å². The van der Waals surface area contributed by atoms with E-state index in [1.54, 1.807) is 0 Å². The van der Waals surface area contributed by atoms with Gasteiger partial charge in [0.2, 0.25) is 0 Å². The zero-order valence-corrected chi connectivity index (χ0v) is 41.8. The third-order valence-electron chi connectivity index (χ3n) is 14.2. The lowest BCUT2D eigenvalue weighted by molar-refractivity contribution is -0.425. The van der Waals surface area contributed by atoms with Gasteiger partial charge in [-0.2, -0.15) is 0 Å². The molecule has 0 radical (unpaired) electrons. The number of methoxy groups -OCH3 is 1. The third kappa shape index (κ3) is 11.5. The number of terminal acetylenes is 3. The van der Waals surface area contributed by atoms with Gasteiger partial charge in [-0.3, -0.25) is 0 Å². The molecule has 0 amide bonds. The summed E-state index contributed by atoms with van der Waals surface area (Å²) in [5, 5.41) is 2.17. The van der Waals surface area contributed by atoms with Crippen molar-refractivity contribution < 1.29 is 75.8 Å². The monoisotopic (exact) mass is 1040 g/mol. The van der Waals surface area contributed by atoms with Gasteiger partial charge >= 0.3 is 0 Å². The molecule has 0 aliphatic carbocycles. The molecule has 6 heterocycles. The molecule has 16 heteroatoms. The summed E-state index contributed by atoms with van der Waals surface area (Å²) in [4.78, 5) is 0. The SMILES string of the molecule is C#CCO[C@@H]1[C@H](O[C@@H]2[C@H](OCC#C)[C@H](O[C@@H]3[C@H](OCC#C)[C@H](OC)O[C@@H]4CO[C@@H](c5ccccc5)O[C@@H]34)O[C@@H]3CO[C@@H](c4ccccc4)O[C@@H]23)O[C@@H]2CO[C@@H](c3ccccc3)O[C@H]2[C@@H]1OCc1ccc2ccccc2c1. The van der Waals surface area contributed by atoms with Gasteiger partial charge in [-0.15, -0.1) is 19.3 Å². The summed E-state index contributed by atoms with van der Waals surface area (Å²) in [7, 11) is 1.51. The maximum Gasteiger partial charge on any atom is 0.187 e. The molecule has 5 aromatic carbocycles. The van der Waals surface area contributed by atoms with Crippen LogP contribution in [-0.4, -0.2) is 139 Å². The number of benzene rings is 5. The van der Waals surface area contributed by atoms with E-state index in [4.69, 9.17) is 95.1 Å². The highest BCUT2D eigenvalue weighted by molar-refractivity contribution is 5.82. The number of rotatable bonds is 17. The lowest BCUT2D eigenvalue weighted by Gasteiger charge is -2.54. The van der Waals surface area contributed by atoms with Crippen molar-refractivity contribution in [3.05, 3.63) is 156 Å². The zero-order chi connectivity index (χ0) is 51.8. The van der Waals surface area contributed by atoms with E-state index < -0.39 is 111 Å². The minimum atomic E-state index is -1.27. The zero-order valence-electron chi connectivity index (χ0n) is 41.8. The smallest absolute Gasteiger partial charge is 0.187 e. The number of hydrogen-bond acceptors (Lipinski definition) is 16. The Bertz CT molecular complexity index is 2780. The summed E-state index contributed by atoms with van der Waals surface area (Å²) in [5.41, 5.74) is 3.32. The van der Waals surface area contributed by atoms with Crippen molar-refractivity contribution in [2.75, 3.05) is 46.8 Å². The Balaban J connectivity index is 0.957. The van der Waals surface area contributed by atoms with Gasteiger partial charge in [0.05, 0.1) is 26.4 Å². The highest BCUT2D eigenvalue weighted by Crippen LogP contribution is 2.44. The van der Waals surface area contributed by atoms with Crippen LogP contribution in [0.1, 0.15) is 41.1 Å². The molecule has 0 bridgehead atoms. The highest BCUT2D eigenvalue weighted by atomic mass is 16.8. The summed E-state index contributed by atoms with van der Waals surface area (Å²) in [6, 6.07) is 43.2. The number of ether oxygens (including phenoxy) is 16. The standard InChI is InChI=1S/C60H60O16/c1-5-29-62-52-49(65-33-37-27-28-38-19-17-18-26-42(38)32-37)46-43(34-66-55(72-46)39-20-11-8-12-21-39)70-59(52)76-51-48-45(36-68-57(74-48)41-24-15-10-16-25-41)71-60(54(51)64-31-7-3)75-50-47-44(69-58(61-4)53(50)63-30-6-2)35-67-56(73-47)40-22-13-9-14-23-40/h1-3,8-28,32,43-60H,29-31,33-36H2,4H3/t43-,44-,45-,46-,47-,48-,49+,50+,51+,52+,53+,54+,55-,56-,57-,58-,59+,60+/m1/s1. The summed E-state index contributed by atoms with van der Waals surface area (Å²) < 4.78 is 107. The quantitative estimate of drug-likeness (QED) is 0.0908. The van der Waals surface area contributed by atoms with Crippen molar-refractivity contribution in [3.8, 4) is 37.0 Å². The minimum absolute atomic E-state index is 0.0526. The number of hydrogen-bond donors (Lipinski definition) is 0. The van der Waals surface area contributed by atoms with Gasteiger partial charge in [0, 0.05) is 23.8 Å². The van der Waals surface area contributed by atoms with Crippen molar-refractivity contribution in [1.82, 2.24) is 0 Å². The van der Waals surface area contributed by atoms with Crippen LogP contribution in [0, 0.1) is 37.0 Å². The molecule has 0 unspecified atom stereocenters. The molecule has 6 aliphatic rings. The molecule has 6 fully saturated rings. The predicted octanol–water partition coefficient (Wildman–Crippen LogP) is 6.71. The minimum Gasteiger partial charge on any atom is -0.368 e. The first-order chi connectivity index (χ1) is 37.5. The average Bonchev–Trinajstić information content (AvgIpc) is 3.50. The fourth-order valence-corrected chi connectivity index (χ4v) is 10.7. The second-order valence-electron chi connectivity index (χ2n) is 19.0. The van der Waals surface area contributed by atoms with Gasteiger partial charge < -0.3 is 75.8 Å². The Morgan fingerprint density at radius 2 is 0.816 bits per heavy atom. The van der Waals surface area contributed by atoms with E-state index in [0.717, 1.165) is 33.0 Å². The fourth-order valence-electron chi connectivity index (χ4n) is 10.7. The first-order valence-corrected chi connectivity index (χ1v) is 25.5. The molecule has 0 saturated carbocycles. The molecule has 6 saturated heterocycles. The van der Waals surface area contributed by atoms with Crippen molar-refractivity contribution >= 4 is 10.8 Å². The van der Waals surface area contributed by atoms with Crippen LogP contribution in [0.15, 0.2) is 133 Å². The van der Waals surface area contributed by atoms with Gasteiger partial charge in [0.15, 0.2) is 37.7 Å². The van der Waals surface area contributed by atoms with E-state index in [0.29, 0.717) is 0 Å². The van der Waals surface area contributed by atoms with Crippen molar-refractivity contribution in [1.29, 1.82) is 0 Å². The average molecular weight is 1040 g/mol. The second kappa shape index (κ2) is 24.8. The fraction of sp³-hybridized carbons (Fsp3) is 0.433. The molecule has 11 rings (SSSR count). The van der Waals surface area contributed by atoms with Crippen LogP contribution in [0.3, 0.4) is 0 Å². The molecule has 6 aliphatic heterocycles. The largest absolute Gasteiger partial charge is 0.368 e. The summed E-state index contributed by atoms with van der Waals surface area (Å²) in [5.74, 6) is 7.82. The van der Waals surface area contributed by atoms with Gasteiger partial charge in [0.1, 0.15) is 93.1 Å². The first kappa shape index (κ1) is 52.5. The normalized spacial score (nSPS) is 35.1. The molecule has 0 N–H and O–H groups in total. The molecule has 5 aromatic rings. The molecule has 76 heavy (non-hydrogen) atoms. The van der Waals surface area contributed by atoms with Gasteiger partial charge in [-0.1, -0.05) is 145 Å². The highest BCUT2D eigenvalue weighted by Gasteiger charge is 2.59. The topological polar surface area (TPSA) is 148 Å². The Labute approximate surface area is 442 Å². The van der Waals surface area contributed by atoms with Crippen molar-refractivity contribution in [2.45, 2.75) is 118 Å². The van der Waals surface area contributed by atoms with Crippen LogP contribution < -0.4 is 0 Å². The third-order valence-corrected chi connectivity index (χ3v) is 14.2. The molecule has 16 nitrogen and oxygen atoms in total. The summed E-state index contributed by atoms with van der Waals surface area (Å²) in [6.07, 6.45) is 1.31. The van der Waals surface area contributed by atoms with Crippen molar-refractivity contribution in [3.63, 3.8) is 0 Å². The molecule has 0 spiro atoms. The van der Waals surface area contributed by atoms with Crippen LogP contribution in [0.5, 0.6) is 0 Å². The second-order valence-corrected chi connectivity index (χ2v) is 19.0. The Morgan fingerprint density at radius 3 is 1.26 bits per heavy atom. The molecular formula is C60H60O16. The molecule has 0 aromatic heterocycles. The first-order valence-electron chi connectivity index (χ1n) is 25.5. The Kier molecular flexibility index (Phi) is 17.1. The van der Waals surface area contributed by atoms with Crippen LogP contribution in [0.25, 0.3) is 10.8 Å². The molecule has 396 valence electrons.